The second kappa shape index (κ2) is 9.92. The summed E-state index contributed by atoms with van der Waals surface area (Å²) in [4.78, 5) is 10.4. The molecule has 0 aliphatic heterocycles. The number of ether oxygens (including phenoxy) is 1. The SMILES string of the molecule is CCOP(=O)(CNc1cc(Oc2ccccc2)c(C(F)(F)F)cc1[N+](=O)[O-])OCC. The molecule has 0 radical (unpaired) electrons. The van der Waals surface area contributed by atoms with Crippen molar-refractivity contribution in [3.05, 3.63) is 58.1 Å². The van der Waals surface area contributed by atoms with E-state index in [2.05, 4.69) is 5.32 Å². The molecular weight excluding hydrogens is 428 g/mol. The van der Waals surface area contributed by atoms with Gasteiger partial charge in [-0.2, -0.15) is 13.2 Å². The first-order valence-electron chi connectivity index (χ1n) is 8.84. The number of nitro groups is 1. The number of nitrogens with zero attached hydrogens (tertiary/aromatic N) is 1. The Balaban J connectivity index is 2.49. The summed E-state index contributed by atoms with van der Waals surface area (Å²) in [6.07, 6.45) is -5.38. The van der Waals surface area contributed by atoms with Gasteiger partial charge in [0, 0.05) is 12.1 Å². The van der Waals surface area contributed by atoms with Crippen LogP contribution in [0.5, 0.6) is 11.5 Å². The average molecular weight is 448 g/mol. The zero-order valence-corrected chi connectivity index (χ0v) is 17.0. The van der Waals surface area contributed by atoms with E-state index in [0.29, 0.717) is 6.07 Å². The first kappa shape index (κ1) is 23.7. The van der Waals surface area contributed by atoms with Gasteiger partial charge in [-0.3, -0.25) is 14.7 Å². The van der Waals surface area contributed by atoms with Crippen LogP contribution in [0.4, 0.5) is 24.5 Å². The number of anilines is 1. The molecule has 2 aromatic carbocycles. The molecule has 0 unspecified atom stereocenters. The summed E-state index contributed by atoms with van der Waals surface area (Å²) >= 11 is 0. The van der Waals surface area contributed by atoms with Gasteiger partial charge in [-0.1, -0.05) is 18.2 Å². The lowest BCUT2D eigenvalue weighted by atomic mass is 10.1. The topological polar surface area (TPSA) is 99.9 Å². The summed E-state index contributed by atoms with van der Waals surface area (Å²) in [5, 5.41) is 13.9. The lowest BCUT2D eigenvalue weighted by Crippen LogP contribution is -2.12. The third-order valence-electron chi connectivity index (χ3n) is 3.69. The van der Waals surface area contributed by atoms with Crippen molar-refractivity contribution in [1.29, 1.82) is 0 Å². The summed E-state index contributed by atoms with van der Waals surface area (Å²) in [5.74, 6) is -0.540. The maximum atomic E-state index is 13.5. The summed E-state index contributed by atoms with van der Waals surface area (Å²) < 4.78 is 68.6. The average Bonchev–Trinajstić information content (AvgIpc) is 2.66. The molecular formula is C18H20F3N2O6P. The molecule has 0 saturated heterocycles. The van der Waals surface area contributed by atoms with Crippen molar-refractivity contribution in [2.75, 3.05) is 24.8 Å². The van der Waals surface area contributed by atoms with E-state index in [-0.39, 0.29) is 24.7 Å². The Bertz CT molecular complexity index is 914. The van der Waals surface area contributed by atoms with Crippen LogP contribution < -0.4 is 10.1 Å². The highest BCUT2D eigenvalue weighted by molar-refractivity contribution is 7.53. The monoisotopic (exact) mass is 448 g/mol. The molecule has 8 nitrogen and oxygen atoms in total. The highest BCUT2D eigenvalue weighted by Crippen LogP contribution is 2.49. The third kappa shape index (κ3) is 6.19. The van der Waals surface area contributed by atoms with E-state index in [1.807, 2.05) is 0 Å². The van der Waals surface area contributed by atoms with Gasteiger partial charge in [-0.05, 0) is 26.0 Å². The fourth-order valence-corrected chi connectivity index (χ4v) is 3.89. The number of para-hydroxylation sites is 1. The Labute approximate surface area is 170 Å². The largest absolute Gasteiger partial charge is 0.457 e. The van der Waals surface area contributed by atoms with Gasteiger partial charge in [-0.15, -0.1) is 0 Å². The Hall–Kier alpha value is -2.62. The van der Waals surface area contributed by atoms with Crippen LogP contribution in [0, 0.1) is 10.1 Å². The van der Waals surface area contributed by atoms with Crippen molar-refractivity contribution in [2.24, 2.45) is 0 Å². The van der Waals surface area contributed by atoms with Crippen molar-refractivity contribution >= 4 is 19.0 Å². The smallest absolute Gasteiger partial charge is 0.420 e. The predicted octanol–water partition coefficient (Wildman–Crippen LogP) is 6.04. The van der Waals surface area contributed by atoms with Gasteiger partial charge in [0.25, 0.3) is 5.69 Å². The van der Waals surface area contributed by atoms with Gasteiger partial charge in [-0.25, -0.2) is 0 Å². The van der Waals surface area contributed by atoms with Crippen LogP contribution in [0.3, 0.4) is 0 Å². The van der Waals surface area contributed by atoms with Crippen molar-refractivity contribution < 1.29 is 36.4 Å². The third-order valence-corrected chi connectivity index (χ3v) is 5.53. The molecule has 0 atom stereocenters. The lowest BCUT2D eigenvalue weighted by molar-refractivity contribution is -0.384. The van der Waals surface area contributed by atoms with E-state index in [1.165, 1.54) is 12.1 Å². The van der Waals surface area contributed by atoms with Crippen LogP contribution in [0.25, 0.3) is 0 Å². The molecule has 0 heterocycles. The molecule has 0 aliphatic carbocycles. The second-order valence-corrected chi connectivity index (χ2v) is 7.87. The lowest BCUT2D eigenvalue weighted by Gasteiger charge is -2.19. The van der Waals surface area contributed by atoms with Crippen LogP contribution in [-0.2, 0) is 19.8 Å². The van der Waals surface area contributed by atoms with Crippen molar-refractivity contribution in [3.63, 3.8) is 0 Å². The molecule has 0 amide bonds. The minimum atomic E-state index is -4.90. The number of halogens is 3. The van der Waals surface area contributed by atoms with Gasteiger partial charge in [0.1, 0.15) is 29.0 Å². The molecule has 0 spiro atoms. The molecule has 0 fully saturated rings. The minimum Gasteiger partial charge on any atom is -0.457 e. The Morgan fingerprint density at radius 3 is 2.20 bits per heavy atom. The highest BCUT2D eigenvalue weighted by Gasteiger charge is 2.38. The van der Waals surface area contributed by atoms with Gasteiger partial charge in [0.2, 0.25) is 0 Å². The Morgan fingerprint density at radius 2 is 1.70 bits per heavy atom. The molecule has 0 bridgehead atoms. The summed E-state index contributed by atoms with van der Waals surface area (Å²) in [7, 11) is -3.66. The van der Waals surface area contributed by atoms with Crippen LogP contribution in [0.2, 0.25) is 0 Å². The molecule has 2 rings (SSSR count). The van der Waals surface area contributed by atoms with E-state index in [0.717, 1.165) is 6.07 Å². The van der Waals surface area contributed by atoms with E-state index in [9.17, 15) is 27.9 Å². The standard InChI is InChI=1S/C18H20F3N2O6P/c1-3-27-30(26,28-4-2)12-22-15-11-17(29-13-8-6-5-7-9-13)14(18(19,20)21)10-16(15)23(24)25/h5-11,22H,3-4,12H2,1-2H3. The number of nitrogens with one attached hydrogen (secondary N) is 1. The molecule has 0 aromatic heterocycles. The molecule has 30 heavy (non-hydrogen) atoms. The fourth-order valence-electron chi connectivity index (χ4n) is 2.49. The number of nitro benzene ring substituents is 1. The zero-order chi connectivity index (χ0) is 22.4. The fraction of sp³-hybridized carbons (Fsp3) is 0.333. The van der Waals surface area contributed by atoms with Crippen molar-refractivity contribution in [1.82, 2.24) is 0 Å². The maximum Gasteiger partial charge on any atom is 0.420 e. The maximum absolute atomic E-state index is 13.5. The number of hydrogen-bond donors (Lipinski definition) is 1. The van der Waals surface area contributed by atoms with Crippen LogP contribution in [-0.4, -0.2) is 24.4 Å². The van der Waals surface area contributed by atoms with Crippen molar-refractivity contribution in [2.45, 2.75) is 20.0 Å². The normalized spacial score (nSPS) is 11.9. The minimum absolute atomic E-state index is 0.0520. The zero-order valence-electron chi connectivity index (χ0n) is 16.1. The van der Waals surface area contributed by atoms with Gasteiger partial charge in [0.15, 0.2) is 0 Å². The quantitative estimate of drug-likeness (QED) is 0.269. The first-order chi connectivity index (χ1) is 14.1. The second-order valence-electron chi connectivity index (χ2n) is 5.82. The van der Waals surface area contributed by atoms with E-state index in [4.69, 9.17) is 13.8 Å². The summed E-state index contributed by atoms with van der Waals surface area (Å²) in [6.45, 7) is 3.27. The Morgan fingerprint density at radius 1 is 1.10 bits per heavy atom. The Kier molecular flexibility index (Phi) is 7.83. The van der Waals surface area contributed by atoms with Gasteiger partial charge in [0.05, 0.1) is 18.1 Å². The molecule has 12 heteroatoms. The number of benzene rings is 2. The van der Waals surface area contributed by atoms with E-state index >= 15 is 0 Å². The molecule has 0 aliphatic rings. The number of rotatable bonds is 10. The number of alkyl halides is 3. The van der Waals surface area contributed by atoms with E-state index in [1.54, 1.807) is 32.0 Å². The molecule has 2 aromatic rings. The highest BCUT2D eigenvalue weighted by atomic mass is 31.2. The molecule has 0 saturated carbocycles. The molecule has 164 valence electrons. The predicted molar refractivity (Wildman–Crippen MR) is 104 cm³/mol. The van der Waals surface area contributed by atoms with Crippen LogP contribution in [0.15, 0.2) is 42.5 Å². The molecule has 1 N–H and O–H groups in total. The first-order valence-corrected chi connectivity index (χ1v) is 10.6. The van der Waals surface area contributed by atoms with Gasteiger partial charge < -0.3 is 19.1 Å². The summed E-state index contributed by atoms with van der Waals surface area (Å²) in [5.41, 5.74) is -2.50. The summed E-state index contributed by atoms with van der Waals surface area (Å²) in [6, 6.07) is 8.86. The number of hydrogen-bond acceptors (Lipinski definition) is 7. The van der Waals surface area contributed by atoms with Crippen molar-refractivity contribution in [3.8, 4) is 11.5 Å². The van der Waals surface area contributed by atoms with Crippen LogP contribution in [0.1, 0.15) is 19.4 Å². The van der Waals surface area contributed by atoms with E-state index < -0.39 is 42.0 Å². The van der Waals surface area contributed by atoms with Gasteiger partial charge >= 0.3 is 13.8 Å². The van der Waals surface area contributed by atoms with Crippen LogP contribution >= 0.6 is 7.60 Å².